The van der Waals surface area contributed by atoms with E-state index in [1.807, 2.05) is 18.5 Å². The van der Waals surface area contributed by atoms with Gasteiger partial charge in [-0.3, -0.25) is 14.6 Å². The molecule has 0 saturated heterocycles. The first kappa shape index (κ1) is 14.1. The van der Waals surface area contributed by atoms with Gasteiger partial charge in [0.05, 0.1) is 27.2 Å². The van der Waals surface area contributed by atoms with Crippen LogP contribution in [0.2, 0.25) is 0 Å². The van der Waals surface area contributed by atoms with Gasteiger partial charge in [0.15, 0.2) is 0 Å². The number of hydrogen-bond donors (Lipinski definition) is 1. The molecular weight excluding hydrogens is 306 g/mol. The third kappa shape index (κ3) is 3.39. The zero-order valence-electron chi connectivity index (χ0n) is 11.4. The molecule has 2 rings (SSSR count). The van der Waals surface area contributed by atoms with Gasteiger partial charge in [-0.05, 0) is 36.7 Å². The quantitative estimate of drug-likeness (QED) is 0.917. The van der Waals surface area contributed by atoms with E-state index in [2.05, 4.69) is 43.2 Å². The Kier molecular flexibility index (Phi) is 4.66. The Hall–Kier alpha value is -1.27. The maximum atomic E-state index is 4.47. The van der Waals surface area contributed by atoms with E-state index in [1.165, 1.54) is 5.69 Å². The minimum Gasteiger partial charge on any atom is -0.305 e. The van der Waals surface area contributed by atoms with Crippen LogP contribution in [0, 0.1) is 13.8 Å². The second-order valence-corrected chi connectivity index (χ2v) is 5.21. The van der Waals surface area contributed by atoms with Crippen LogP contribution in [0.1, 0.15) is 29.7 Å². The van der Waals surface area contributed by atoms with Crippen molar-refractivity contribution in [2.75, 3.05) is 0 Å². The number of nitrogens with zero attached hydrogens (tertiary/aromatic N) is 4. The van der Waals surface area contributed by atoms with Crippen LogP contribution in [-0.2, 0) is 19.6 Å². The van der Waals surface area contributed by atoms with Gasteiger partial charge in [-0.15, -0.1) is 0 Å². The molecule has 0 spiro atoms. The van der Waals surface area contributed by atoms with Gasteiger partial charge in [-0.25, -0.2) is 0 Å². The lowest BCUT2D eigenvalue weighted by Gasteiger charge is -2.07. The monoisotopic (exact) mass is 323 g/mol. The highest BCUT2D eigenvalue weighted by atomic mass is 79.9. The summed E-state index contributed by atoms with van der Waals surface area (Å²) in [5.41, 5.74) is 4.07. The molecule has 0 amide bonds. The van der Waals surface area contributed by atoms with Crippen molar-refractivity contribution in [1.82, 2.24) is 25.1 Å². The van der Waals surface area contributed by atoms with Crippen molar-refractivity contribution in [3.63, 3.8) is 0 Å². The summed E-state index contributed by atoms with van der Waals surface area (Å²) in [7, 11) is 0. The third-order valence-corrected chi connectivity index (χ3v) is 3.92. The molecule has 0 saturated carbocycles. The predicted octanol–water partition coefficient (Wildman–Crippen LogP) is 2.36. The molecule has 1 N–H and O–H groups in total. The molecule has 6 heteroatoms. The van der Waals surface area contributed by atoms with Crippen molar-refractivity contribution < 1.29 is 0 Å². The molecule has 19 heavy (non-hydrogen) atoms. The van der Waals surface area contributed by atoms with Gasteiger partial charge in [0.25, 0.3) is 0 Å². The molecule has 2 aromatic rings. The van der Waals surface area contributed by atoms with E-state index in [1.54, 1.807) is 12.4 Å². The van der Waals surface area contributed by atoms with Gasteiger partial charge >= 0.3 is 0 Å². The van der Waals surface area contributed by atoms with E-state index < -0.39 is 0 Å². The Bertz CT molecular complexity index is 547. The highest BCUT2D eigenvalue weighted by Crippen LogP contribution is 2.20. The molecule has 0 bridgehead atoms. The number of aryl methyl sites for hydroxylation is 3. The molecule has 0 aliphatic rings. The summed E-state index contributed by atoms with van der Waals surface area (Å²) in [4.78, 5) is 8.55. The fourth-order valence-corrected chi connectivity index (χ4v) is 2.28. The molecule has 2 aromatic heterocycles. The van der Waals surface area contributed by atoms with Crippen molar-refractivity contribution in [3.05, 3.63) is 39.6 Å². The van der Waals surface area contributed by atoms with Gasteiger partial charge in [-0.2, -0.15) is 5.10 Å². The number of rotatable bonds is 5. The number of aromatic nitrogens is 4. The van der Waals surface area contributed by atoms with Gasteiger partial charge in [-0.1, -0.05) is 0 Å². The van der Waals surface area contributed by atoms with Gasteiger partial charge in [0.1, 0.15) is 0 Å². The van der Waals surface area contributed by atoms with Gasteiger partial charge < -0.3 is 5.32 Å². The maximum absolute atomic E-state index is 4.47. The summed E-state index contributed by atoms with van der Waals surface area (Å²) in [6, 6.07) is 0. The first-order valence-electron chi connectivity index (χ1n) is 6.31. The highest BCUT2D eigenvalue weighted by Gasteiger charge is 2.11. The zero-order chi connectivity index (χ0) is 13.8. The molecule has 2 heterocycles. The van der Waals surface area contributed by atoms with Crippen LogP contribution in [-0.4, -0.2) is 19.7 Å². The van der Waals surface area contributed by atoms with E-state index >= 15 is 0 Å². The summed E-state index contributed by atoms with van der Waals surface area (Å²) < 4.78 is 3.09. The summed E-state index contributed by atoms with van der Waals surface area (Å²) in [6.45, 7) is 8.36. The standard InChI is InChI=1S/C13H18BrN5/c1-4-19-12(13(14)10(3)18-19)8-15-6-11-7-16-9(2)5-17-11/h5,7,15H,4,6,8H2,1-3H3. The summed E-state index contributed by atoms with van der Waals surface area (Å²) in [6.07, 6.45) is 3.59. The molecule has 0 atom stereocenters. The molecule has 0 fully saturated rings. The van der Waals surface area contributed by atoms with Crippen LogP contribution in [0.3, 0.4) is 0 Å². The van der Waals surface area contributed by atoms with Crippen molar-refractivity contribution in [2.24, 2.45) is 0 Å². The number of hydrogen-bond acceptors (Lipinski definition) is 4. The van der Waals surface area contributed by atoms with Crippen LogP contribution in [0.4, 0.5) is 0 Å². The molecule has 5 nitrogen and oxygen atoms in total. The smallest absolute Gasteiger partial charge is 0.0739 e. The van der Waals surface area contributed by atoms with E-state index in [0.717, 1.165) is 34.6 Å². The maximum Gasteiger partial charge on any atom is 0.0739 e. The lowest BCUT2D eigenvalue weighted by molar-refractivity contribution is 0.574. The van der Waals surface area contributed by atoms with Gasteiger partial charge in [0, 0.05) is 32.0 Å². The lowest BCUT2D eigenvalue weighted by Crippen LogP contribution is -2.17. The van der Waals surface area contributed by atoms with E-state index in [-0.39, 0.29) is 0 Å². The molecule has 0 unspecified atom stereocenters. The van der Waals surface area contributed by atoms with Crippen molar-refractivity contribution in [1.29, 1.82) is 0 Å². The SMILES string of the molecule is CCn1nc(C)c(Br)c1CNCc1cnc(C)cn1. The van der Waals surface area contributed by atoms with E-state index in [4.69, 9.17) is 0 Å². The Morgan fingerprint density at radius 3 is 2.63 bits per heavy atom. The largest absolute Gasteiger partial charge is 0.305 e. The normalized spacial score (nSPS) is 10.9. The average molecular weight is 324 g/mol. The Balaban J connectivity index is 1.97. The fraction of sp³-hybridized carbons (Fsp3) is 0.462. The predicted molar refractivity (Wildman–Crippen MR) is 77.7 cm³/mol. The first-order valence-corrected chi connectivity index (χ1v) is 7.11. The van der Waals surface area contributed by atoms with Crippen LogP contribution >= 0.6 is 15.9 Å². The summed E-state index contributed by atoms with van der Waals surface area (Å²) >= 11 is 3.59. The zero-order valence-corrected chi connectivity index (χ0v) is 13.0. The van der Waals surface area contributed by atoms with Crippen molar-refractivity contribution in [2.45, 2.75) is 40.4 Å². The Labute approximate surface area is 121 Å². The minimum atomic E-state index is 0.702. The molecular formula is C13H18BrN5. The molecule has 102 valence electrons. The van der Waals surface area contributed by atoms with Crippen LogP contribution in [0.25, 0.3) is 0 Å². The van der Waals surface area contributed by atoms with Gasteiger partial charge in [0.2, 0.25) is 0 Å². The highest BCUT2D eigenvalue weighted by molar-refractivity contribution is 9.10. The Morgan fingerprint density at radius 1 is 1.21 bits per heavy atom. The summed E-state index contributed by atoms with van der Waals surface area (Å²) in [5, 5.41) is 7.84. The first-order chi connectivity index (χ1) is 9.11. The molecule has 0 aliphatic heterocycles. The number of nitrogens with one attached hydrogen (secondary N) is 1. The lowest BCUT2D eigenvalue weighted by atomic mass is 10.3. The molecule has 0 aromatic carbocycles. The molecule has 0 aliphatic carbocycles. The second-order valence-electron chi connectivity index (χ2n) is 4.41. The van der Waals surface area contributed by atoms with Crippen molar-refractivity contribution in [3.8, 4) is 0 Å². The second kappa shape index (κ2) is 6.25. The van der Waals surface area contributed by atoms with E-state index in [9.17, 15) is 0 Å². The molecule has 0 radical (unpaired) electrons. The average Bonchev–Trinajstić information content (AvgIpc) is 2.68. The minimum absolute atomic E-state index is 0.702. The third-order valence-electron chi connectivity index (χ3n) is 2.89. The van der Waals surface area contributed by atoms with Crippen LogP contribution < -0.4 is 5.32 Å². The summed E-state index contributed by atoms with van der Waals surface area (Å²) in [5.74, 6) is 0. The van der Waals surface area contributed by atoms with Crippen LogP contribution in [0.15, 0.2) is 16.9 Å². The number of halogens is 1. The fourth-order valence-electron chi connectivity index (χ4n) is 1.86. The van der Waals surface area contributed by atoms with Crippen molar-refractivity contribution >= 4 is 15.9 Å². The topological polar surface area (TPSA) is 55.6 Å². The van der Waals surface area contributed by atoms with Crippen LogP contribution in [0.5, 0.6) is 0 Å². The Morgan fingerprint density at radius 2 is 2.00 bits per heavy atom. The van der Waals surface area contributed by atoms with E-state index in [0.29, 0.717) is 6.54 Å².